The number of amides is 2. The van der Waals surface area contributed by atoms with Crippen LogP contribution in [-0.4, -0.2) is 62.6 Å². The molecule has 2 N–H and O–H groups in total. The molecule has 10 nitrogen and oxygen atoms in total. The molecule has 1 saturated carbocycles. The summed E-state index contributed by atoms with van der Waals surface area (Å²) in [5.41, 5.74) is 0.282. The molecule has 3 unspecified atom stereocenters. The zero-order valence-electron chi connectivity index (χ0n) is 19.9. The van der Waals surface area contributed by atoms with Crippen molar-refractivity contribution < 1.29 is 38.1 Å². The standard InChI is InChI=1S/C23H36N2O8/c1-7-19(26)30-10-12-33-22(29)25-18-14-23(5,6)9-8-17(18)16(4)24-21(28)32-13-11-31-20(27)15(2)3/h7,16-18H,1-2,8-14H2,3-6H3,(H,24,28)(H,25,29). The van der Waals surface area contributed by atoms with Crippen LogP contribution in [0.5, 0.6) is 0 Å². The van der Waals surface area contributed by atoms with E-state index < -0.39 is 24.1 Å². The van der Waals surface area contributed by atoms with Gasteiger partial charge in [-0.25, -0.2) is 19.2 Å². The number of ether oxygens (including phenoxy) is 4. The molecule has 1 aliphatic carbocycles. The molecule has 1 aliphatic rings. The number of hydrogen-bond acceptors (Lipinski definition) is 8. The summed E-state index contributed by atoms with van der Waals surface area (Å²) in [4.78, 5) is 46.7. The van der Waals surface area contributed by atoms with Gasteiger partial charge in [0.2, 0.25) is 0 Å². The smallest absolute Gasteiger partial charge is 0.407 e. The van der Waals surface area contributed by atoms with Crippen molar-refractivity contribution in [3.05, 3.63) is 24.8 Å². The maximum Gasteiger partial charge on any atom is 0.407 e. The van der Waals surface area contributed by atoms with Gasteiger partial charge in [-0.1, -0.05) is 27.0 Å². The topological polar surface area (TPSA) is 129 Å². The van der Waals surface area contributed by atoms with E-state index in [-0.39, 0.29) is 55.4 Å². The third kappa shape index (κ3) is 10.9. The van der Waals surface area contributed by atoms with Crippen LogP contribution >= 0.6 is 0 Å². The molecule has 186 valence electrons. The minimum atomic E-state index is -0.635. The van der Waals surface area contributed by atoms with Crippen LogP contribution in [0, 0.1) is 11.3 Å². The maximum absolute atomic E-state index is 12.3. The van der Waals surface area contributed by atoms with Crippen LogP contribution in [0.2, 0.25) is 0 Å². The Kier molecular flexibility index (Phi) is 11.4. The summed E-state index contributed by atoms with van der Waals surface area (Å²) in [5.74, 6) is -1.18. The number of carbonyl (C=O) groups excluding carboxylic acids is 4. The van der Waals surface area contributed by atoms with Crippen LogP contribution in [0.15, 0.2) is 24.8 Å². The van der Waals surface area contributed by atoms with Gasteiger partial charge in [-0.2, -0.15) is 0 Å². The Morgan fingerprint density at radius 3 is 2.21 bits per heavy atom. The van der Waals surface area contributed by atoms with Crippen LogP contribution < -0.4 is 10.6 Å². The molecule has 3 atom stereocenters. The summed E-state index contributed by atoms with van der Waals surface area (Å²) in [6, 6.07) is -0.519. The molecule has 0 aromatic heterocycles. The number of hydrogen-bond donors (Lipinski definition) is 2. The molecule has 2 amide bonds. The first-order valence-corrected chi connectivity index (χ1v) is 10.9. The summed E-state index contributed by atoms with van der Waals surface area (Å²) >= 11 is 0. The predicted octanol–water partition coefficient (Wildman–Crippen LogP) is 2.87. The van der Waals surface area contributed by atoms with E-state index in [1.54, 1.807) is 0 Å². The van der Waals surface area contributed by atoms with Crippen molar-refractivity contribution in [1.82, 2.24) is 10.6 Å². The van der Waals surface area contributed by atoms with E-state index in [1.807, 2.05) is 6.92 Å². The van der Waals surface area contributed by atoms with Crippen molar-refractivity contribution in [2.24, 2.45) is 11.3 Å². The highest BCUT2D eigenvalue weighted by molar-refractivity contribution is 5.86. The van der Waals surface area contributed by atoms with Gasteiger partial charge in [-0.3, -0.25) is 0 Å². The average Bonchev–Trinajstić information content (AvgIpc) is 2.73. The van der Waals surface area contributed by atoms with Gasteiger partial charge in [0.1, 0.15) is 26.4 Å². The number of rotatable bonds is 11. The molecule has 33 heavy (non-hydrogen) atoms. The lowest BCUT2D eigenvalue weighted by atomic mass is 9.68. The highest BCUT2D eigenvalue weighted by Crippen LogP contribution is 2.39. The number of esters is 2. The van der Waals surface area contributed by atoms with Gasteiger partial charge in [0.05, 0.1) is 0 Å². The Morgan fingerprint density at radius 1 is 1.03 bits per heavy atom. The highest BCUT2D eigenvalue weighted by atomic mass is 16.6. The molecule has 1 rings (SSSR count). The van der Waals surface area contributed by atoms with Crippen LogP contribution in [0.3, 0.4) is 0 Å². The van der Waals surface area contributed by atoms with E-state index in [2.05, 4.69) is 37.6 Å². The Morgan fingerprint density at radius 2 is 1.61 bits per heavy atom. The van der Waals surface area contributed by atoms with Gasteiger partial charge in [0.25, 0.3) is 0 Å². The molecule has 0 aromatic rings. The minimum Gasteiger partial charge on any atom is -0.459 e. The summed E-state index contributed by atoms with van der Waals surface area (Å²) in [7, 11) is 0. The van der Waals surface area contributed by atoms with Crippen molar-refractivity contribution in [3.8, 4) is 0 Å². The lowest BCUT2D eigenvalue weighted by Crippen LogP contribution is -2.53. The van der Waals surface area contributed by atoms with E-state index in [9.17, 15) is 19.2 Å². The van der Waals surface area contributed by atoms with Gasteiger partial charge in [0, 0.05) is 23.7 Å². The van der Waals surface area contributed by atoms with Gasteiger partial charge < -0.3 is 29.6 Å². The van der Waals surface area contributed by atoms with Crippen LogP contribution in [0.25, 0.3) is 0 Å². The van der Waals surface area contributed by atoms with Crippen LogP contribution in [0.4, 0.5) is 9.59 Å². The van der Waals surface area contributed by atoms with Crippen molar-refractivity contribution in [2.75, 3.05) is 26.4 Å². The van der Waals surface area contributed by atoms with Crippen molar-refractivity contribution in [1.29, 1.82) is 0 Å². The van der Waals surface area contributed by atoms with E-state index >= 15 is 0 Å². The van der Waals surface area contributed by atoms with Gasteiger partial charge in [0.15, 0.2) is 0 Å². The number of nitrogens with one attached hydrogen (secondary N) is 2. The summed E-state index contributed by atoms with van der Waals surface area (Å²) in [5, 5.41) is 5.66. The third-order valence-electron chi connectivity index (χ3n) is 5.36. The molecule has 0 heterocycles. The Hall–Kier alpha value is -3.04. The van der Waals surface area contributed by atoms with Gasteiger partial charge in [-0.15, -0.1) is 0 Å². The largest absolute Gasteiger partial charge is 0.459 e. The zero-order chi connectivity index (χ0) is 25.0. The monoisotopic (exact) mass is 468 g/mol. The number of alkyl carbamates (subject to hydrolysis) is 2. The second kappa shape index (κ2) is 13.5. The summed E-state index contributed by atoms with van der Waals surface area (Å²) < 4.78 is 19.8. The molecular weight excluding hydrogens is 432 g/mol. The lowest BCUT2D eigenvalue weighted by molar-refractivity contribution is -0.140. The Bertz CT molecular complexity index is 734. The number of carbonyl (C=O) groups is 4. The Balaban J connectivity index is 2.53. The first-order valence-electron chi connectivity index (χ1n) is 10.9. The fourth-order valence-corrected chi connectivity index (χ4v) is 3.62. The minimum absolute atomic E-state index is 0.0152. The van der Waals surface area contributed by atoms with Crippen molar-refractivity contribution >= 4 is 24.1 Å². The molecule has 0 spiro atoms. The molecule has 10 heteroatoms. The molecular formula is C23H36N2O8. The fourth-order valence-electron chi connectivity index (χ4n) is 3.62. The molecule has 1 fully saturated rings. The van der Waals surface area contributed by atoms with E-state index in [0.717, 1.165) is 18.9 Å². The third-order valence-corrected chi connectivity index (χ3v) is 5.36. The molecule has 0 radical (unpaired) electrons. The lowest BCUT2D eigenvalue weighted by Gasteiger charge is -2.43. The maximum atomic E-state index is 12.3. The molecule has 0 saturated heterocycles. The Labute approximate surface area is 195 Å². The zero-order valence-corrected chi connectivity index (χ0v) is 19.9. The highest BCUT2D eigenvalue weighted by Gasteiger charge is 2.39. The van der Waals surface area contributed by atoms with Crippen molar-refractivity contribution in [2.45, 2.75) is 59.0 Å². The van der Waals surface area contributed by atoms with Crippen molar-refractivity contribution in [3.63, 3.8) is 0 Å². The van der Waals surface area contributed by atoms with Crippen LogP contribution in [0.1, 0.15) is 47.0 Å². The predicted molar refractivity (Wildman–Crippen MR) is 120 cm³/mol. The van der Waals surface area contributed by atoms with Crippen LogP contribution in [-0.2, 0) is 28.5 Å². The first-order chi connectivity index (χ1) is 15.4. The average molecular weight is 469 g/mol. The fraction of sp³-hybridized carbons (Fsp3) is 0.652. The first kappa shape index (κ1) is 28.0. The molecule has 0 aliphatic heterocycles. The van der Waals surface area contributed by atoms with E-state index in [0.29, 0.717) is 6.42 Å². The summed E-state index contributed by atoms with van der Waals surface area (Å²) in [6.45, 7) is 14.1. The second-order valence-corrected chi connectivity index (χ2v) is 8.81. The normalized spacial score (nSPS) is 19.9. The summed E-state index contributed by atoms with van der Waals surface area (Å²) in [6.07, 6.45) is 2.20. The van der Waals surface area contributed by atoms with E-state index in [1.165, 1.54) is 6.92 Å². The molecule has 0 bridgehead atoms. The second-order valence-electron chi connectivity index (χ2n) is 8.81. The van der Waals surface area contributed by atoms with Gasteiger partial charge in [-0.05, 0) is 44.4 Å². The molecule has 0 aromatic carbocycles. The SMILES string of the molecule is C=CC(=O)OCCOC(=O)NC1CC(C)(C)CCC1C(C)NC(=O)OCCOC(=O)C(=C)C. The van der Waals surface area contributed by atoms with E-state index in [4.69, 9.17) is 18.9 Å². The quantitative estimate of drug-likeness (QED) is 0.205. The van der Waals surface area contributed by atoms with Gasteiger partial charge >= 0.3 is 24.1 Å².